The van der Waals surface area contributed by atoms with Crippen LogP contribution in [0.2, 0.25) is 0 Å². The Bertz CT molecular complexity index is 397. The maximum absolute atomic E-state index is 11.9. The number of ether oxygens (including phenoxy) is 1. The Labute approximate surface area is 107 Å². The van der Waals surface area contributed by atoms with E-state index in [0.29, 0.717) is 18.8 Å². The Balaban J connectivity index is 1.77. The number of hydrogen-bond donors (Lipinski definition) is 0. The van der Waals surface area contributed by atoms with Gasteiger partial charge in [-0.1, -0.05) is 18.2 Å². The molecule has 0 unspecified atom stereocenters. The molecule has 96 valence electrons. The topological polar surface area (TPSA) is 46.6 Å². The summed E-state index contributed by atoms with van der Waals surface area (Å²) in [6.07, 6.45) is 2.52. The highest BCUT2D eigenvalue weighted by atomic mass is 16.5. The van der Waals surface area contributed by atoms with Crippen LogP contribution in [0.1, 0.15) is 12.8 Å². The average Bonchev–Trinajstić information content (AvgIpc) is 2.46. The number of benzene rings is 1. The first-order valence-electron chi connectivity index (χ1n) is 6.20. The van der Waals surface area contributed by atoms with Crippen molar-refractivity contribution in [1.82, 2.24) is 4.90 Å². The maximum atomic E-state index is 11.9. The molecule has 1 saturated heterocycles. The molecule has 1 aliphatic heterocycles. The Hall–Kier alpha value is -1.84. The van der Waals surface area contributed by atoms with Crippen LogP contribution in [-0.4, -0.2) is 36.8 Å². The standard InChI is InChI=1S/C14H17NO3/c16-10-12-6-8-15(9-7-12)14(17)11-18-13-4-2-1-3-5-13/h1-5,10,12H,6-9,11H2. The summed E-state index contributed by atoms with van der Waals surface area (Å²) in [5.41, 5.74) is 0. The quantitative estimate of drug-likeness (QED) is 0.757. The number of para-hydroxylation sites is 1. The molecule has 2 rings (SSSR count). The van der Waals surface area contributed by atoms with Gasteiger partial charge in [0.2, 0.25) is 0 Å². The normalized spacial score (nSPS) is 16.3. The third kappa shape index (κ3) is 3.32. The molecule has 4 heteroatoms. The Kier molecular flexibility index (Phi) is 4.34. The van der Waals surface area contributed by atoms with Crippen molar-refractivity contribution in [2.24, 2.45) is 5.92 Å². The monoisotopic (exact) mass is 247 g/mol. The highest BCUT2D eigenvalue weighted by molar-refractivity contribution is 5.78. The van der Waals surface area contributed by atoms with Gasteiger partial charge in [0.15, 0.2) is 6.61 Å². The van der Waals surface area contributed by atoms with Gasteiger partial charge in [0.25, 0.3) is 5.91 Å². The lowest BCUT2D eigenvalue weighted by Gasteiger charge is -2.29. The molecular weight excluding hydrogens is 230 g/mol. The minimum absolute atomic E-state index is 0.0109. The molecule has 4 nitrogen and oxygen atoms in total. The Morgan fingerprint density at radius 3 is 2.56 bits per heavy atom. The SMILES string of the molecule is O=CC1CCN(C(=O)COc2ccccc2)CC1. The highest BCUT2D eigenvalue weighted by Crippen LogP contribution is 2.15. The summed E-state index contributed by atoms with van der Waals surface area (Å²) in [7, 11) is 0. The van der Waals surface area contributed by atoms with E-state index in [9.17, 15) is 9.59 Å². The molecule has 0 aliphatic carbocycles. The fourth-order valence-corrected chi connectivity index (χ4v) is 2.04. The largest absolute Gasteiger partial charge is 0.484 e. The Morgan fingerprint density at radius 1 is 1.28 bits per heavy atom. The van der Waals surface area contributed by atoms with E-state index in [0.717, 1.165) is 19.1 Å². The lowest BCUT2D eigenvalue weighted by Crippen LogP contribution is -2.41. The average molecular weight is 247 g/mol. The molecule has 1 aromatic carbocycles. The first-order valence-corrected chi connectivity index (χ1v) is 6.20. The summed E-state index contributed by atoms with van der Waals surface area (Å²) >= 11 is 0. The lowest BCUT2D eigenvalue weighted by molar-refractivity contribution is -0.135. The zero-order valence-corrected chi connectivity index (χ0v) is 10.2. The van der Waals surface area contributed by atoms with E-state index in [1.165, 1.54) is 0 Å². The van der Waals surface area contributed by atoms with Crippen LogP contribution < -0.4 is 4.74 Å². The first kappa shape index (κ1) is 12.6. The third-order valence-electron chi connectivity index (χ3n) is 3.19. The second kappa shape index (κ2) is 6.19. The summed E-state index contributed by atoms with van der Waals surface area (Å²) in [4.78, 5) is 24.3. The molecule has 0 aromatic heterocycles. The summed E-state index contributed by atoms with van der Waals surface area (Å²) in [6.45, 7) is 1.37. The number of amides is 1. The minimum atomic E-state index is -0.0109. The van der Waals surface area contributed by atoms with E-state index >= 15 is 0 Å². The van der Waals surface area contributed by atoms with Crippen LogP contribution in [0.3, 0.4) is 0 Å². The molecule has 0 radical (unpaired) electrons. The molecule has 1 amide bonds. The number of rotatable bonds is 4. The molecule has 1 aliphatic rings. The van der Waals surface area contributed by atoms with Crippen molar-refractivity contribution in [2.75, 3.05) is 19.7 Å². The van der Waals surface area contributed by atoms with Crippen molar-refractivity contribution in [2.45, 2.75) is 12.8 Å². The van der Waals surface area contributed by atoms with Gasteiger partial charge in [-0.2, -0.15) is 0 Å². The predicted molar refractivity (Wildman–Crippen MR) is 67.3 cm³/mol. The number of nitrogens with zero attached hydrogens (tertiary/aromatic N) is 1. The van der Waals surface area contributed by atoms with Crippen LogP contribution in [0.15, 0.2) is 30.3 Å². The summed E-state index contributed by atoms with van der Waals surface area (Å²) < 4.78 is 5.41. The Morgan fingerprint density at radius 2 is 1.94 bits per heavy atom. The number of likely N-dealkylation sites (tertiary alicyclic amines) is 1. The molecule has 18 heavy (non-hydrogen) atoms. The van der Waals surface area contributed by atoms with Gasteiger partial charge >= 0.3 is 0 Å². The summed E-state index contributed by atoms with van der Waals surface area (Å²) in [5.74, 6) is 0.806. The number of hydrogen-bond acceptors (Lipinski definition) is 3. The molecule has 1 fully saturated rings. The van der Waals surface area contributed by atoms with E-state index < -0.39 is 0 Å². The van der Waals surface area contributed by atoms with Crippen LogP contribution in [0, 0.1) is 5.92 Å². The van der Waals surface area contributed by atoms with Gasteiger partial charge in [-0.15, -0.1) is 0 Å². The lowest BCUT2D eigenvalue weighted by atomic mass is 9.99. The van der Waals surface area contributed by atoms with Crippen molar-refractivity contribution in [3.63, 3.8) is 0 Å². The molecular formula is C14H17NO3. The molecule has 0 saturated carbocycles. The molecule has 1 aromatic rings. The summed E-state index contributed by atoms with van der Waals surface area (Å²) in [6, 6.07) is 9.29. The van der Waals surface area contributed by atoms with Gasteiger partial charge in [-0.05, 0) is 25.0 Å². The fourth-order valence-electron chi connectivity index (χ4n) is 2.04. The maximum Gasteiger partial charge on any atom is 0.260 e. The van der Waals surface area contributed by atoms with Gasteiger partial charge < -0.3 is 14.4 Å². The van der Waals surface area contributed by atoms with Crippen molar-refractivity contribution in [3.05, 3.63) is 30.3 Å². The zero-order valence-electron chi connectivity index (χ0n) is 10.2. The molecule has 0 N–H and O–H groups in total. The second-order valence-electron chi connectivity index (χ2n) is 4.46. The van der Waals surface area contributed by atoms with E-state index in [1.807, 2.05) is 30.3 Å². The van der Waals surface area contributed by atoms with Crippen LogP contribution in [0.4, 0.5) is 0 Å². The van der Waals surface area contributed by atoms with Gasteiger partial charge in [0.05, 0.1) is 0 Å². The third-order valence-corrected chi connectivity index (χ3v) is 3.19. The van der Waals surface area contributed by atoms with Crippen molar-refractivity contribution in [1.29, 1.82) is 0 Å². The number of carbonyl (C=O) groups excluding carboxylic acids is 2. The van der Waals surface area contributed by atoms with Crippen LogP contribution in [0.5, 0.6) is 5.75 Å². The van der Waals surface area contributed by atoms with E-state index in [1.54, 1.807) is 4.90 Å². The second-order valence-corrected chi connectivity index (χ2v) is 4.46. The van der Waals surface area contributed by atoms with Crippen LogP contribution in [0.25, 0.3) is 0 Å². The van der Waals surface area contributed by atoms with Crippen LogP contribution >= 0.6 is 0 Å². The zero-order chi connectivity index (χ0) is 12.8. The van der Waals surface area contributed by atoms with Crippen molar-refractivity contribution < 1.29 is 14.3 Å². The molecule has 1 heterocycles. The highest BCUT2D eigenvalue weighted by Gasteiger charge is 2.22. The predicted octanol–water partition coefficient (Wildman–Crippen LogP) is 1.50. The number of carbonyl (C=O) groups is 2. The van der Waals surface area contributed by atoms with Gasteiger partial charge in [0, 0.05) is 19.0 Å². The molecule has 0 atom stereocenters. The van der Waals surface area contributed by atoms with Gasteiger partial charge in [-0.3, -0.25) is 4.79 Å². The van der Waals surface area contributed by atoms with E-state index in [2.05, 4.69) is 0 Å². The molecule has 0 bridgehead atoms. The minimum Gasteiger partial charge on any atom is -0.484 e. The first-order chi connectivity index (χ1) is 8.79. The van der Waals surface area contributed by atoms with E-state index in [4.69, 9.17) is 4.74 Å². The van der Waals surface area contributed by atoms with E-state index in [-0.39, 0.29) is 18.4 Å². The molecule has 0 spiro atoms. The van der Waals surface area contributed by atoms with Gasteiger partial charge in [-0.25, -0.2) is 0 Å². The van der Waals surface area contributed by atoms with Crippen molar-refractivity contribution in [3.8, 4) is 5.75 Å². The summed E-state index contributed by atoms with van der Waals surface area (Å²) in [5, 5.41) is 0. The van der Waals surface area contributed by atoms with Gasteiger partial charge in [0.1, 0.15) is 12.0 Å². The van der Waals surface area contributed by atoms with Crippen molar-refractivity contribution >= 4 is 12.2 Å². The smallest absolute Gasteiger partial charge is 0.260 e. The number of aldehydes is 1. The fraction of sp³-hybridized carbons (Fsp3) is 0.429. The van der Waals surface area contributed by atoms with Crippen LogP contribution in [-0.2, 0) is 9.59 Å². The number of piperidine rings is 1.